The van der Waals surface area contributed by atoms with Gasteiger partial charge >= 0.3 is 11.6 Å². The molecule has 3 nitrogen and oxygen atoms in total. The first-order valence-electron chi connectivity index (χ1n) is 2.67. The SMILES string of the molecule is C#CC(F)(F)C1(C[NH3+])N=N1. The molecule has 54 valence electrons. The predicted molar refractivity (Wildman–Crippen MR) is 29.1 cm³/mol. The average molecular weight is 146 g/mol. The van der Waals surface area contributed by atoms with Crippen molar-refractivity contribution in [3.8, 4) is 12.3 Å². The van der Waals surface area contributed by atoms with E-state index in [0.717, 1.165) is 0 Å². The van der Waals surface area contributed by atoms with Gasteiger partial charge in [-0.1, -0.05) is 0 Å². The van der Waals surface area contributed by atoms with E-state index in [-0.39, 0.29) is 6.54 Å². The molecule has 0 amide bonds. The summed E-state index contributed by atoms with van der Waals surface area (Å²) in [6, 6.07) is 0. The summed E-state index contributed by atoms with van der Waals surface area (Å²) in [5, 5.41) is 6.33. The summed E-state index contributed by atoms with van der Waals surface area (Å²) in [5.74, 6) is -1.93. The van der Waals surface area contributed by atoms with Crippen molar-refractivity contribution in [1.29, 1.82) is 0 Å². The highest BCUT2D eigenvalue weighted by molar-refractivity contribution is 5.18. The Morgan fingerprint density at radius 3 is 2.20 bits per heavy atom. The van der Waals surface area contributed by atoms with Gasteiger partial charge in [0.05, 0.1) is 0 Å². The number of halogens is 2. The van der Waals surface area contributed by atoms with E-state index in [4.69, 9.17) is 0 Å². The molecule has 1 rings (SSSR count). The van der Waals surface area contributed by atoms with Crippen LogP contribution in [0.1, 0.15) is 0 Å². The minimum atomic E-state index is -3.27. The van der Waals surface area contributed by atoms with Crippen LogP contribution in [-0.4, -0.2) is 18.1 Å². The standard InChI is InChI=1S/C5H5F2N3/c1-2-4(6,7)5(3-8)9-10-5/h1H,3,8H2/p+1. The summed E-state index contributed by atoms with van der Waals surface area (Å²) in [6.07, 6.45) is 4.56. The van der Waals surface area contributed by atoms with Gasteiger partial charge in [-0.25, -0.2) is 0 Å². The first kappa shape index (κ1) is 7.09. The molecule has 0 bridgehead atoms. The quantitative estimate of drug-likeness (QED) is 0.518. The lowest BCUT2D eigenvalue weighted by Crippen LogP contribution is -2.61. The molecule has 0 aliphatic carbocycles. The van der Waals surface area contributed by atoms with Gasteiger partial charge in [0, 0.05) is 0 Å². The van der Waals surface area contributed by atoms with Crippen LogP contribution in [0.25, 0.3) is 0 Å². The molecule has 0 radical (unpaired) electrons. The Bertz CT molecular complexity index is 209. The fraction of sp³-hybridized carbons (Fsp3) is 0.600. The highest BCUT2D eigenvalue weighted by Crippen LogP contribution is 2.41. The summed E-state index contributed by atoms with van der Waals surface area (Å²) in [7, 11) is 0. The van der Waals surface area contributed by atoms with Crippen molar-refractivity contribution < 1.29 is 14.5 Å². The third-order valence-electron chi connectivity index (χ3n) is 1.37. The van der Waals surface area contributed by atoms with Gasteiger partial charge in [-0.3, -0.25) is 0 Å². The average Bonchev–Trinajstić information content (AvgIpc) is 2.67. The van der Waals surface area contributed by atoms with Gasteiger partial charge in [-0.05, 0) is 5.92 Å². The zero-order valence-electron chi connectivity index (χ0n) is 5.14. The molecule has 0 atom stereocenters. The van der Waals surface area contributed by atoms with Gasteiger partial charge in [-0.15, -0.1) is 16.7 Å². The molecule has 10 heavy (non-hydrogen) atoms. The van der Waals surface area contributed by atoms with Crippen LogP contribution in [-0.2, 0) is 0 Å². The highest BCUT2D eigenvalue weighted by Gasteiger charge is 2.62. The molecule has 1 aliphatic rings. The lowest BCUT2D eigenvalue weighted by molar-refractivity contribution is -0.383. The number of alkyl halides is 2. The molecule has 0 saturated carbocycles. The van der Waals surface area contributed by atoms with E-state index in [2.05, 4.69) is 22.4 Å². The van der Waals surface area contributed by atoms with Gasteiger partial charge in [0.2, 0.25) is 0 Å². The first-order valence-corrected chi connectivity index (χ1v) is 2.67. The van der Waals surface area contributed by atoms with Crippen LogP contribution < -0.4 is 5.73 Å². The molecule has 5 heteroatoms. The fourth-order valence-corrected chi connectivity index (χ4v) is 0.559. The van der Waals surface area contributed by atoms with Crippen molar-refractivity contribution in [2.75, 3.05) is 6.54 Å². The van der Waals surface area contributed by atoms with E-state index in [1.165, 1.54) is 5.92 Å². The lowest BCUT2D eigenvalue weighted by atomic mass is 10.1. The Kier molecular flexibility index (Phi) is 1.23. The Morgan fingerprint density at radius 2 is 2.10 bits per heavy atom. The third-order valence-corrected chi connectivity index (χ3v) is 1.37. The van der Waals surface area contributed by atoms with E-state index in [0.29, 0.717) is 0 Å². The largest absolute Gasteiger partial charge is 0.361 e. The summed E-state index contributed by atoms with van der Waals surface area (Å²) in [4.78, 5) is 0. The molecule has 0 aromatic carbocycles. The van der Waals surface area contributed by atoms with Crippen molar-refractivity contribution >= 4 is 0 Å². The van der Waals surface area contributed by atoms with Crippen molar-refractivity contribution in [2.24, 2.45) is 10.2 Å². The number of nitrogens with zero attached hydrogens (tertiary/aromatic N) is 2. The van der Waals surface area contributed by atoms with Crippen molar-refractivity contribution in [3.05, 3.63) is 0 Å². The topological polar surface area (TPSA) is 52.4 Å². The van der Waals surface area contributed by atoms with Gasteiger partial charge in [0.15, 0.2) is 0 Å². The smallest absolute Gasteiger partial charge is 0.354 e. The third kappa shape index (κ3) is 0.693. The highest BCUT2D eigenvalue weighted by atomic mass is 19.3. The summed E-state index contributed by atoms with van der Waals surface area (Å²) >= 11 is 0. The number of quaternary nitrogens is 1. The molecular weight excluding hydrogens is 140 g/mol. The molecule has 0 aromatic heterocycles. The zero-order chi connectivity index (χ0) is 7.83. The van der Waals surface area contributed by atoms with Gasteiger partial charge in [0.1, 0.15) is 6.54 Å². The maximum absolute atomic E-state index is 12.5. The minimum absolute atomic E-state index is 0.0931. The second kappa shape index (κ2) is 1.73. The van der Waals surface area contributed by atoms with Crippen LogP contribution >= 0.6 is 0 Å². The molecule has 0 saturated heterocycles. The second-order valence-corrected chi connectivity index (χ2v) is 1.99. The summed E-state index contributed by atoms with van der Waals surface area (Å²) in [5.41, 5.74) is 1.58. The van der Waals surface area contributed by atoms with E-state index in [9.17, 15) is 8.78 Å². The Balaban J connectivity index is 2.75. The zero-order valence-corrected chi connectivity index (χ0v) is 5.14. The molecule has 0 spiro atoms. The first-order chi connectivity index (χ1) is 4.58. The second-order valence-electron chi connectivity index (χ2n) is 1.99. The van der Waals surface area contributed by atoms with E-state index in [1.807, 2.05) is 0 Å². The lowest BCUT2D eigenvalue weighted by Gasteiger charge is -2.11. The number of hydrogen-bond donors (Lipinski definition) is 1. The minimum Gasteiger partial charge on any atom is -0.354 e. The van der Waals surface area contributed by atoms with Crippen LogP contribution in [0.5, 0.6) is 0 Å². The van der Waals surface area contributed by atoms with Gasteiger partial charge in [0.25, 0.3) is 0 Å². The Morgan fingerprint density at radius 1 is 1.60 bits per heavy atom. The monoisotopic (exact) mass is 146 g/mol. The molecule has 1 heterocycles. The maximum atomic E-state index is 12.5. The summed E-state index contributed by atoms with van der Waals surface area (Å²) in [6.45, 7) is -0.0931. The van der Waals surface area contributed by atoms with Crippen LogP contribution in [0, 0.1) is 12.3 Å². The van der Waals surface area contributed by atoms with Crippen molar-refractivity contribution in [1.82, 2.24) is 0 Å². The number of terminal acetylenes is 1. The van der Waals surface area contributed by atoms with Crippen LogP contribution in [0.15, 0.2) is 10.2 Å². The van der Waals surface area contributed by atoms with E-state index >= 15 is 0 Å². The van der Waals surface area contributed by atoms with Crippen molar-refractivity contribution in [3.63, 3.8) is 0 Å². The van der Waals surface area contributed by atoms with E-state index in [1.54, 1.807) is 0 Å². The predicted octanol–water partition coefficient (Wildman–Crippen LogP) is -0.341. The fourth-order valence-electron chi connectivity index (χ4n) is 0.559. The molecule has 0 fully saturated rings. The van der Waals surface area contributed by atoms with E-state index < -0.39 is 11.6 Å². The van der Waals surface area contributed by atoms with Crippen LogP contribution in [0.2, 0.25) is 0 Å². The van der Waals surface area contributed by atoms with Crippen LogP contribution in [0.3, 0.4) is 0 Å². The molecule has 3 N–H and O–H groups in total. The van der Waals surface area contributed by atoms with Crippen molar-refractivity contribution in [2.45, 2.75) is 11.6 Å². The Labute approximate surface area is 56.3 Å². The van der Waals surface area contributed by atoms with Gasteiger partial charge in [-0.2, -0.15) is 8.78 Å². The molecule has 1 aliphatic heterocycles. The normalized spacial score (nSPS) is 20.2. The van der Waals surface area contributed by atoms with Gasteiger partial charge < -0.3 is 5.73 Å². The summed E-state index contributed by atoms with van der Waals surface area (Å²) < 4.78 is 25.1. The number of hydrogen-bond acceptors (Lipinski definition) is 2. The van der Waals surface area contributed by atoms with Crippen LogP contribution in [0.4, 0.5) is 8.78 Å². The molecular formula is C5H6F2N3+. The molecule has 0 aromatic rings. The maximum Gasteiger partial charge on any atom is 0.361 e. The number of rotatable bonds is 2. The Hall–Kier alpha value is -1.02. The molecule has 0 unspecified atom stereocenters.